The maximum atomic E-state index is 12.9. The number of para-hydroxylation sites is 1. The molecule has 2 aromatic carbocycles. The number of nitrogens with two attached hydrogens (primary N) is 1. The smallest absolute Gasteiger partial charge is 0.279 e. The number of likely N-dealkylation sites (N-methyl/N-ethyl adjacent to an activating group) is 1. The van der Waals surface area contributed by atoms with E-state index in [4.69, 9.17) is 5.73 Å². The quantitative estimate of drug-likeness (QED) is 0.615. The monoisotopic (exact) mass is 362 g/mol. The first-order valence-corrected chi connectivity index (χ1v) is 8.78. The maximum absolute atomic E-state index is 12.9. The highest BCUT2D eigenvalue weighted by Gasteiger charge is 2.13. The highest BCUT2D eigenvalue weighted by molar-refractivity contribution is 8.00. The van der Waals surface area contributed by atoms with Crippen LogP contribution in [0.2, 0.25) is 0 Å². The number of quaternary nitrogens is 1. The number of amides is 2. The molecule has 0 aliphatic carbocycles. The molecule has 0 bridgehead atoms. The van der Waals surface area contributed by atoms with Crippen LogP contribution in [0.4, 0.5) is 10.1 Å². The second-order valence-corrected chi connectivity index (χ2v) is 6.75. The molecule has 0 fully saturated rings. The number of primary amides is 1. The minimum atomic E-state index is -0.408. The first kappa shape index (κ1) is 19.0. The zero-order valence-corrected chi connectivity index (χ0v) is 14.7. The highest BCUT2D eigenvalue weighted by atomic mass is 32.2. The molecule has 7 heteroatoms. The summed E-state index contributed by atoms with van der Waals surface area (Å²) in [6, 6.07) is 13.5. The Hall–Kier alpha value is -2.38. The molecule has 25 heavy (non-hydrogen) atoms. The zero-order chi connectivity index (χ0) is 18.2. The summed E-state index contributed by atoms with van der Waals surface area (Å²) in [5, 5.41) is 2.87. The van der Waals surface area contributed by atoms with Crippen molar-refractivity contribution in [2.75, 3.05) is 24.7 Å². The molecule has 1 atom stereocenters. The summed E-state index contributed by atoms with van der Waals surface area (Å²) < 4.78 is 12.9. The van der Waals surface area contributed by atoms with E-state index in [1.807, 2.05) is 25.2 Å². The Balaban J connectivity index is 1.91. The molecule has 0 aromatic heterocycles. The molecule has 132 valence electrons. The molecule has 0 radical (unpaired) electrons. The van der Waals surface area contributed by atoms with Gasteiger partial charge in [-0.1, -0.05) is 24.3 Å². The van der Waals surface area contributed by atoms with Gasteiger partial charge in [-0.05, 0) is 24.3 Å². The summed E-state index contributed by atoms with van der Waals surface area (Å²) in [5.41, 5.74) is 6.79. The molecular weight excluding hydrogens is 341 g/mol. The van der Waals surface area contributed by atoms with E-state index in [0.717, 1.165) is 15.4 Å². The van der Waals surface area contributed by atoms with E-state index in [9.17, 15) is 14.0 Å². The largest absolute Gasteiger partial charge is 0.369 e. The van der Waals surface area contributed by atoms with Crippen LogP contribution in [0.1, 0.15) is 5.56 Å². The predicted molar refractivity (Wildman–Crippen MR) is 96.8 cm³/mol. The fraction of sp³-hybridized carbons (Fsp3) is 0.222. The number of thioether (sulfide) groups is 1. The number of anilines is 1. The molecular formula is C18H21FN3O2S+. The lowest BCUT2D eigenvalue weighted by molar-refractivity contribution is -0.885. The molecule has 0 spiro atoms. The van der Waals surface area contributed by atoms with E-state index in [0.29, 0.717) is 12.2 Å². The van der Waals surface area contributed by atoms with Gasteiger partial charge >= 0.3 is 0 Å². The molecule has 5 nitrogen and oxygen atoms in total. The minimum absolute atomic E-state index is 0.133. The van der Waals surface area contributed by atoms with E-state index >= 15 is 0 Å². The number of benzene rings is 2. The van der Waals surface area contributed by atoms with E-state index < -0.39 is 5.91 Å². The lowest BCUT2D eigenvalue weighted by atomic mass is 10.2. The van der Waals surface area contributed by atoms with Crippen LogP contribution in [0.15, 0.2) is 53.4 Å². The van der Waals surface area contributed by atoms with Gasteiger partial charge in [0.1, 0.15) is 12.4 Å². The summed E-state index contributed by atoms with van der Waals surface area (Å²) in [4.78, 5) is 25.0. The molecule has 4 N–H and O–H groups in total. The number of hydrogen-bond donors (Lipinski definition) is 3. The van der Waals surface area contributed by atoms with Gasteiger partial charge in [0.25, 0.3) is 5.91 Å². The molecule has 2 amide bonds. The van der Waals surface area contributed by atoms with Crippen molar-refractivity contribution in [3.8, 4) is 0 Å². The van der Waals surface area contributed by atoms with E-state index in [2.05, 4.69) is 5.32 Å². The van der Waals surface area contributed by atoms with E-state index in [-0.39, 0.29) is 24.0 Å². The second-order valence-electron chi connectivity index (χ2n) is 5.74. The lowest BCUT2D eigenvalue weighted by Gasteiger charge is -2.15. The number of halogens is 1. The average Bonchev–Trinajstić information content (AvgIpc) is 2.56. The van der Waals surface area contributed by atoms with Gasteiger partial charge in [0, 0.05) is 10.5 Å². The fourth-order valence-electron chi connectivity index (χ4n) is 2.33. The van der Waals surface area contributed by atoms with Crippen molar-refractivity contribution in [3.63, 3.8) is 0 Å². The van der Waals surface area contributed by atoms with Crippen LogP contribution in [-0.2, 0) is 16.1 Å². The van der Waals surface area contributed by atoms with Crippen molar-refractivity contribution in [3.05, 3.63) is 59.9 Å². The van der Waals surface area contributed by atoms with Crippen LogP contribution in [0.5, 0.6) is 0 Å². The fourth-order valence-corrected chi connectivity index (χ4v) is 3.07. The molecule has 2 aromatic rings. The molecule has 1 unspecified atom stereocenters. The Kier molecular flexibility index (Phi) is 6.97. The Morgan fingerprint density at radius 2 is 1.84 bits per heavy atom. The van der Waals surface area contributed by atoms with Gasteiger partial charge < -0.3 is 16.0 Å². The van der Waals surface area contributed by atoms with Crippen LogP contribution in [0.3, 0.4) is 0 Å². The summed E-state index contributed by atoms with van der Waals surface area (Å²) in [6.07, 6.45) is 0. The highest BCUT2D eigenvalue weighted by Crippen LogP contribution is 2.26. The average molecular weight is 362 g/mol. The molecule has 0 aliphatic heterocycles. The summed E-state index contributed by atoms with van der Waals surface area (Å²) in [6.45, 7) is 0.887. The number of hydrogen-bond acceptors (Lipinski definition) is 3. The number of rotatable bonds is 8. The molecule has 0 saturated carbocycles. The van der Waals surface area contributed by atoms with Crippen molar-refractivity contribution in [2.24, 2.45) is 5.73 Å². The van der Waals surface area contributed by atoms with Gasteiger partial charge in [-0.25, -0.2) is 4.39 Å². The topological polar surface area (TPSA) is 76.6 Å². The summed E-state index contributed by atoms with van der Waals surface area (Å²) in [5.74, 6) is -0.659. The van der Waals surface area contributed by atoms with Gasteiger partial charge in [0.15, 0.2) is 6.54 Å². The first-order chi connectivity index (χ1) is 11.9. The van der Waals surface area contributed by atoms with E-state index in [1.165, 1.54) is 23.9 Å². The van der Waals surface area contributed by atoms with E-state index in [1.54, 1.807) is 18.2 Å². The SMILES string of the molecule is C[NH+](CC(=O)Nc1ccccc1SCC(N)=O)Cc1ccc(F)cc1. The van der Waals surface area contributed by atoms with Crippen LogP contribution in [0, 0.1) is 5.82 Å². The van der Waals surface area contributed by atoms with Crippen molar-refractivity contribution in [1.82, 2.24) is 0 Å². The number of carbonyl (C=O) groups is 2. The third kappa shape index (κ3) is 6.56. The summed E-state index contributed by atoms with van der Waals surface area (Å²) >= 11 is 1.29. The summed E-state index contributed by atoms with van der Waals surface area (Å²) in [7, 11) is 1.90. The standard InChI is InChI=1S/C18H20FN3O2S/c1-22(10-13-6-8-14(19)9-7-13)11-18(24)21-15-4-2-3-5-16(15)25-12-17(20)23/h2-9H,10-12H2,1H3,(H2,20,23)(H,21,24)/p+1. The van der Waals surface area contributed by atoms with Crippen LogP contribution >= 0.6 is 11.8 Å². The van der Waals surface area contributed by atoms with Gasteiger partial charge in [0.2, 0.25) is 5.91 Å². The Labute approximate surface area is 150 Å². The first-order valence-electron chi connectivity index (χ1n) is 7.80. The lowest BCUT2D eigenvalue weighted by Crippen LogP contribution is -3.08. The number of carbonyl (C=O) groups excluding carboxylic acids is 2. The van der Waals surface area contributed by atoms with Crippen molar-refractivity contribution >= 4 is 29.3 Å². The van der Waals surface area contributed by atoms with Crippen LogP contribution in [-0.4, -0.2) is 31.2 Å². The molecule has 0 aliphatic rings. The van der Waals surface area contributed by atoms with Gasteiger partial charge in [0.05, 0.1) is 18.5 Å². The van der Waals surface area contributed by atoms with Gasteiger partial charge in [-0.15, -0.1) is 11.8 Å². The normalized spacial score (nSPS) is 11.8. The minimum Gasteiger partial charge on any atom is -0.369 e. The Morgan fingerprint density at radius 3 is 2.52 bits per heavy atom. The maximum Gasteiger partial charge on any atom is 0.279 e. The molecule has 0 saturated heterocycles. The van der Waals surface area contributed by atoms with Crippen molar-refractivity contribution < 1.29 is 18.9 Å². The van der Waals surface area contributed by atoms with Crippen LogP contribution in [0.25, 0.3) is 0 Å². The van der Waals surface area contributed by atoms with Gasteiger partial charge in [-0.2, -0.15) is 0 Å². The van der Waals surface area contributed by atoms with Crippen LogP contribution < -0.4 is 16.0 Å². The van der Waals surface area contributed by atoms with Gasteiger partial charge in [-0.3, -0.25) is 9.59 Å². The predicted octanol–water partition coefficient (Wildman–Crippen LogP) is 1.06. The number of nitrogens with one attached hydrogen (secondary N) is 2. The molecule has 2 rings (SSSR count). The third-order valence-corrected chi connectivity index (χ3v) is 4.51. The third-order valence-electron chi connectivity index (χ3n) is 3.41. The zero-order valence-electron chi connectivity index (χ0n) is 13.9. The Bertz CT molecular complexity index is 737. The van der Waals surface area contributed by atoms with Crippen molar-refractivity contribution in [1.29, 1.82) is 0 Å². The Morgan fingerprint density at radius 1 is 1.16 bits per heavy atom. The van der Waals surface area contributed by atoms with Crippen molar-refractivity contribution in [2.45, 2.75) is 11.4 Å². The second kappa shape index (κ2) is 9.19. The molecule has 0 heterocycles.